The van der Waals surface area contributed by atoms with Crippen LogP contribution in [0, 0.1) is 12.8 Å². The second-order valence-electron chi connectivity index (χ2n) is 12.1. The molecule has 208 valence electrons. The topological polar surface area (TPSA) is 81.8 Å². The lowest BCUT2D eigenvalue weighted by molar-refractivity contribution is -0.138. The molecule has 3 atom stereocenters. The molecule has 0 aromatic heterocycles. The van der Waals surface area contributed by atoms with Crippen molar-refractivity contribution < 1.29 is 14.4 Å². The molecule has 2 aromatic rings. The second-order valence-corrected chi connectivity index (χ2v) is 12.1. The summed E-state index contributed by atoms with van der Waals surface area (Å²) in [6.07, 6.45) is 4.55. The van der Waals surface area contributed by atoms with Crippen LogP contribution in [-0.2, 0) is 26.2 Å². The number of likely N-dealkylation sites (tertiary alicyclic amines) is 1. The maximum absolute atomic E-state index is 13.9. The number of piperidine rings is 1. The Labute approximate surface area is 232 Å². The maximum atomic E-state index is 13.9. The summed E-state index contributed by atoms with van der Waals surface area (Å²) >= 11 is 0. The maximum Gasteiger partial charge on any atom is 0.245 e. The zero-order chi connectivity index (χ0) is 27.7. The summed E-state index contributed by atoms with van der Waals surface area (Å²) in [5.41, 5.74) is 3.72. The number of hydrogen-bond donors (Lipinski definition) is 2. The molecule has 2 fully saturated rings. The van der Waals surface area contributed by atoms with E-state index in [1.807, 2.05) is 86.1 Å². The summed E-state index contributed by atoms with van der Waals surface area (Å²) in [7, 11) is 1.94. The normalized spacial score (nSPS) is 23.5. The lowest BCUT2D eigenvalue weighted by Crippen LogP contribution is -2.55. The summed E-state index contributed by atoms with van der Waals surface area (Å²) in [5.74, 6) is 0.0253. The quantitative estimate of drug-likeness (QED) is 0.572. The van der Waals surface area contributed by atoms with Crippen LogP contribution in [0.25, 0.3) is 0 Å². The van der Waals surface area contributed by atoms with Gasteiger partial charge in [-0.15, -0.1) is 0 Å². The molecular formula is C32H42N4O3. The molecule has 3 amide bonds. The first-order valence-corrected chi connectivity index (χ1v) is 14.4. The molecule has 0 spiro atoms. The highest BCUT2D eigenvalue weighted by molar-refractivity contribution is 6.08. The third-order valence-electron chi connectivity index (χ3n) is 9.24. The Kier molecular flexibility index (Phi) is 7.81. The first kappa shape index (κ1) is 27.4. The summed E-state index contributed by atoms with van der Waals surface area (Å²) in [6.45, 7) is 7.18. The van der Waals surface area contributed by atoms with Gasteiger partial charge in [0.05, 0.1) is 5.41 Å². The largest absolute Gasteiger partial charge is 0.344 e. The molecule has 2 heterocycles. The van der Waals surface area contributed by atoms with Gasteiger partial charge in [0.2, 0.25) is 17.7 Å². The summed E-state index contributed by atoms with van der Waals surface area (Å²) in [4.78, 5) is 44.5. The number of nitrogens with one attached hydrogen (secondary N) is 2. The molecule has 0 radical (unpaired) electrons. The van der Waals surface area contributed by atoms with Crippen molar-refractivity contribution in [1.29, 1.82) is 0 Å². The summed E-state index contributed by atoms with van der Waals surface area (Å²) in [6, 6.07) is 15.9. The van der Waals surface area contributed by atoms with E-state index in [-0.39, 0.29) is 29.7 Å². The summed E-state index contributed by atoms with van der Waals surface area (Å²) < 4.78 is 0. The predicted octanol–water partition coefficient (Wildman–Crippen LogP) is 3.73. The van der Waals surface area contributed by atoms with Crippen molar-refractivity contribution in [2.24, 2.45) is 5.92 Å². The van der Waals surface area contributed by atoms with E-state index in [4.69, 9.17) is 0 Å². The number of aryl methyl sites for hydroxylation is 1. The molecule has 7 heteroatoms. The van der Waals surface area contributed by atoms with E-state index in [1.165, 1.54) is 0 Å². The monoisotopic (exact) mass is 530 g/mol. The van der Waals surface area contributed by atoms with Crippen LogP contribution in [-0.4, -0.2) is 60.9 Å². The van der Waals surface area contributed by atoms with Gasteiger partial charge in [0, 0.05) is 43.2 Å². The smallest absolute Gasteiger partial charge is 0.245 e. The molecule has 7 nitrogen and oxygen atoms in total. The zero-order valence-electron chi connectivity index (χ0n) is 23.7. The number of hydrogen-bond acceptors (Lipinski definition) is 4. The van der Waals surface area contributed by atoms with Crippen molar-refractivity contribution in [3.05, 3.63) is 65.2 Å². The molecule has 3 aliphatic rings. The molecule has 2 aliphatic heterocycles. The average molecular weight is 531 g/mol. The van der Waals surface area contributed by atoms with Crippen molar-refractivity contribution in [3.63, 3.8) is 0 Å². The SMILES string of the molecule is CN[C@@H]1CC[C@H](C(=O)N[C@@H](Cc2ccccc2C)C(=O)N2CCC(N3C(=O)C(C)(C)c4ccccc43)CC2)C1. The molecular weight excluding hydrogens is 488 g/mol. The third-order valence-corrected chi connectivity index (χ3v) is 9.24. The fraction of sp³-hybridized carbons (Fsp3) is 0.531. The van der Waals surface area contributed by atoms with Crippen LogP contribution in [0.5, 0.6) is 0 Å². The van der Waals surface area contributed by atoms with Gasteiger partial charge in [0.25, 0.3) is 0 Å². The van der Waals surface area contributed by atoms with Crippen molar-refractivity contribution in [3.8, 4) is 0 Å². The molecule has 1 saturated heterocycles. The van der Waals surface area contributed by atoms with Crippen molar-refractivity contribution in [1.82, 2.24) is 15.5 Å². The number of fused-ring (bicyclic) bond motifs is 1. The number of amides is 3. The fourth-order valence-corrected chi connectivity index (χ4v) is 6.70. The Hall–Kier alpha value is -3.19. The number of carbonyl (C=O) groups is 3. The third kappa shape index (κ3) is 5.33. The minimum atomic E-state index is -0.600. The van der Waals surface area contributed by atoms with E-state index in [0.29, 0.717) is 25.6 Å². The van der Waals surface area contributed by atoms with Crippen LogP contribution in [0.15, 0.2) is 48.5 Å². The van der Waals surface area contributed by atoms with Crippen LogP contribution in [0.2, 0.25) is 0 Å². The molecule has 1 aliphatic carbocycles. The highest BCUT2D eigenvalue weighted by Gasteiger charge is 2.47. The molecule has 2 N–H and O–H groups in total. The lowest BCUT2D eigenvalue weighted by atomic mass is 9.86. The van der Waals surface area contributed by atoms with Gasteiger partial charge in [-0.25, -0.2) is 0 Å². The van der Waals surface area contributed by atoms with Crippen molar-refractivity contribution in [2.75, 3.05) is 25.0 Å². The number of carbonyl (C=O) groups excluding carboxylic acids is 3. The van der Waals surface area contributed by atoms with Gasteiger partial charge in [-0.05, 0) is 82.7 Å². The van der Waals surface area contributed by atoms with Crippen LogP contribution in [0.1, 0.15) is 62.6 Å². The molecule has 2 aromatic carbocycles. The molecule has 1 saturated carbocycles. The van der Waals surface area contributed by atoms with Crippen LogP contribution >= 0.6 is 0 Å². The Morgan fingerprint density at radius 2 is 1.69 bits per heavy atom. The molecule has 39 heavy (non-hydrogen) atoms. The minimum absolute atomic E-state index is 0.0175. The van der Waals surface area contributed by atoms with E-state index in [0.717, 1.165) is 54.5 Å². The Bertz CT molecular complexity index is 1230. The number of anilines is 1. The summed E-state index contributed by atoms with van der Waals surface area (Å²) in [5, 5.41) is 6.43. The van der Waals surface area contributed by atoms with E-state index in [2.05, 4.69) is 10.6 Å². The van der Waals surface area contributed by atoms with Crippen LogP contribution < -0.4 is 15.5 Å². The van der Waals surface area contributed by atoms with E-state index >= 15 is 0 Å². The van der Waals surface area contributed by atoms with Gasteiger partial charge in [-0.2, -0.15) is 0 Å². The van der Waals surface area contributed by atoms with E-state index in [1.54, 1.807) is 0 Å². The lowest BCUT2D eigenvalue weighted by Gasteiger charge is -2.39. The first-order valence-electron chi connectivity index (χ1n) is 14.4. The van der Waals surface area contributed by atoms with Crippen molar-refractivity contribution >= 4 is 23.4 Å². The number of para-hydroxylation sites is 1. The van der Waals surface area contributed by atoms with Gasteiger partial charge in [-0.3, -0.25) is 14.4 Å². The highest BCUT2D eigenvalue weighted by Crippen LogP contribution is 2.43. The number of nitrogens with zero attached hydrogens (tertiary/aromatic N) is 2. The fourth-order valence-electron chi connectivity index (χ4n) is 6.70. The predicted molar refractivity (Wildman–Crippen MR) is 154 cm³/mol. The van der Waals surface area contributed by atoms with Gasteiger partial charge in [0.15, 0.2) is 0 Å². The van der Waals surface area contributed by atoms with E-state index < -0.39 is 11.5 Å². The second kappa shape index (κ2) is 11.1. The average Bonchev–Trinajstić information content (AvgIpc) is 3.50. The first-order chi connectivity index (χ1) is 18.7. The molecule has 0 bridgehead atoms. The molecule has 0 unspecified atom stereocenters. The van der Waals surface area contributed by atoms with Crippen molar-refractivity contribution in [2.45, 2.75) is 82.8 Å². The highest BCUT2D eigenvalue weighted by atomic mass is 16.2. The minimum Gasteiger partial charge on any atom is -0.344 e. The molecule has 5 rings (SSSR count). The van der Waals surface area contributed by atoms with Crippen LogP contribution in [0.4, 0.5) is 5.69 Å². The number of rotatable bonds is 7. The zero-order valence-corrected chi connectivity index (χ0v) is 23.7. The van der Waals surface area contributed by atoms with Crippen LogP contribution in [0.3, 0.4) is 0 Å². The van der Waals surface area contributed by atoms with E-state index in [9.17, 15) is 14.4 Å². The number of benzene rings is 2. The Balaban J connectivity index is 1.29. The van der Waals surface area contributed by atoms with Gasteiger partial charge in [-0.1, -0.05) is 42.5 Å². The Morgan fingerprint density at radius 3 is 2.38 bits per heavy atom. The van der Waals surface area contributed by atoms with Gasteiger partial charge < -0.3 is 20.4 Å². The van der Waals surface area contributed by atoms with Gasteiger partial charge >= 0.3 is 0 Å². The standard InChI is InChI=1S/C32H42N4O3/c1-21-9-5-6-10-22(21)20-27(34-29(37)23-13-14-24(19-23)33-4)30(38)35-17-15-25(16-18-35)36-28-12-8-7-11-26(28)32(2,3)31(36)39/h5-12,23-25,27,33H,13-20H2,1-4H3,(H,34,37)/t23-,24+,27-/m0/s1. The van der Waals surface area contributed by atoms with Gasteiger partial charge in [0.1, 0.15) is 6.04 Å². The Morgan fingerprint density at radius 1 is 1.00 bits per heavy atom.